The predicted molar refractivity (Wildman–Crippen MR) is 50.5 cm³/mol. The fourth-order valence-electron chi connectivity index (χ4n) is 1.34. The molecule has 1 rings (SSSR count). The molecule has 0 saturated carbocycles. The maximum absolute atomic E-state index is 10.9. The topological polar surface area (TPSA) is 53.1 Å². The number of rotatable bonds is 4. The minimum absolute atomic E-state index is 0.167. The summed E-state index contributed by atoms with van der Waals surface area (Å²) >= 11 is 0. The lowest BCUT2D eigenvalue weighted by Gasteiger charge is -2.14. The van der Waals surface area contributed by atoms with E-state index in [1.807, 2.05) is 32.2 Å². The van der Waals surface area contributed by atoms with Crippen molar-refractivity contribution in [3.63, 3.8) is 0 Å². The number of aliphatic carboxylic acids is 1. The highest BCUT2D eigenvalue weighted by Crippen LogP contribution is 2.16. The summed E-state index contributed by atoms with van der Waals surface area (Å²) in [6, 6.07) is 3.80. The average molecular weight is 181 g/mol. The van der Waals surface area contributed by atoms with E-state index in [9.17, 15) is 4.79 Å². The number of carbonyl (C=O) groups is 1. The number of aromatic nitrogens is 1. The summed E-state index contributed by atoms with van der Waals surface area (Å²) in [4.78, 5) is 13.9. The van der Waals surface area contributed by atoms with Crippen molar-refractivity contribution in [2.75, 3.05) is 0 Å². The third-order valence-corrected chi connectivity index (χ3v) is 2.22. The first-order chi connectivity index (χ1) is 6.11. The minimum atomic E-state index is -0.718. The summed E-state index contributed by atoms with van der Waals surface area (Å²) in [5, 5.41) is 8.93. The van der Waals surface area contributed by atoms with E-state index in [4.69, 9.17) is 5.11 Å². The largest absolute Gasteiger partial charge is 0.481 e. The van der Waals surface area contributed by atoms with Crippen LogP contribution in [0.1, 0.15) is 19.5 Å². The second-order valence-corrected chi connectivity index (χ2v) is 3.59. The second-order valence-electron chi connectivity index (χ2n) is 3.59. The zero-order chi connectivity index (χ0) is 9.84. The first-order valence-corrected chi connectivity index (χ1v) is 4.46. The molecule has 3 heteroatoms. The number of hydrogen-bond donors (Lipinski definition) is 2. The molecule has 0 aliphatic carbocycles. The van der Waals surface area contributed by atoms with Gasteiger partial charge in [0, 0.05) is 18.3 Å². The van der Waals surface area contributed by atoms with Crippen LogP contribution in [0.2, 0.25) is 0 Å². The van der Waals surface area contributed by atoms with Crippen molar-refractivity contribution < 1.29 is 9.90 Å². The molecule has 1 aromatic rings. The molecule has 1 aromatic heterocycles. The Hall–Kier alpha value is -1.25. The molecule has 0 spiro atoms. The smallest absolute Gasteiger partial charge is 0.307 e. The summed E-state index contributed by atoms with van der Waals surface area (Å²) in [7, 11) is 0. The van der Waals surface area contributed by atoms with Gasteiger partial charge < -0.3 is 10.1 Å². The van der Waals surface area contributed by atoms with Crippen LogP contribution in [0.25, 0.3) is 0 Å². The van der Waals surface area contributed by atoms with Gasteiger partial charge in [-0.15, -0.1) is 0 Å². The number of carboxylic acids is 1. The van der Waals surface area contributed by atoms with E-state index < -0.39 is 5.97 Å². The Bertz CT molecular complexity index is 264. The summed E-state index contributed by atoms with van der Waals surface area (Å²) < 4.78 is 0. The fourth-order valence-corrected chi connectivity index (χ4v) is 1.34. The molecule has 0 aromatic carbocycles. The molecule has 0 fully saturated rings. The zero-order valence-corrected chi connectivity index (χ0v) is 7.95. The van der Waals surface area contributed by atoms with Crippen LogP contribution in [-0.4, -0.2) is 16.1 Å². The second kappa shape index (κ2) is 4.12. The molecule has 0 bridgehead atoms. The van der Waals surface area contributed by atoms with E-state index >= 15 is 0 Å². The van der Waals surface area contributed by atoms with Crippen molar-refractivity contribution >= 4 is 5.97 Å². The van der Waals surface area contributed by atoms with E-state index in [0.29, 0.717) is 6.42 Å². The maximum atomic E-state index is 10.9. The average Bonchev–Trinajstić information content (AvgIpc) is 2.50. The molecule has 0 radical (unpaired) electrons. The SMILES string of the molecule is CC(C)C(Cc1ccc[nH]1)C(=O)O. The molecule has 2 N–H and O–H groups in total. The van der Waals surface area contributed by atoms with Gasteiger partial charge in [-0.05, 0) is 18.1 Å². The van der Waals surface area contributed by atoms with E-state index in [2.05, 4.69) is 4.98 Å². The van der Waals surface area contributed by atoms with Crippen molar-refractivity contribution in [2.24, 2.45) is 11.8 Å². The highest BCUT2D eigenvalue weighted by atomic mass is 16.4. The normalized spacial score (nSPS) is 13.2. The summed E-state index contributed by atoms with van der Waals surface area (Å²) in [5.74, 6) is -0.843. The van der Waals surface area contributed by atoms with Crippen LogP contribution >= 0.6 is 0 Å². The molecule has 3 nitrogen and oxygen atoms in total. The zero-order valence-electron chi connectivity index (χ0n) is 7.95. The predicted octanol–water partition coefficient (Wildman–Crippen LogP) is 1.91. The van der Waals surface area contributed by atoms with Crippen molar-refractivity contribution in [1.82, 2.24) is 4.98 Å². The first-order valence-electron chi connectivity index (χ1n) is 4.46. The van der Waals surface area contributed by atoms with Gasteiger partial charge in [-0.25, -0.2) is 0 Å². The molecule has 0 aliphatic heterocycles. The third-order valence-electron chi connectivity index (χ3n) is 2.22. The third kappa shape index (κ3) is 2.61. The maximum Gasteiger partial charge on any atom is 0.307 e. The molecule has 1 atom stereocenters. The molecule has 0 aliphatic rings. The van der Waals surface area contributed by atoms with Crippen LogP contribution in [0.5, 0.6) is 0 Å². The highest BCUT2D eigenvalue weighted by Gasteiger charge is 2.21. The highest BCUT2D eigenvalue weighted by molar-refractivity contribution is 5.70. The first kappa shape index (κ1) is 9.84. The van der Waals surface area contributed by atoms with Gasteiger partial charge in [0.25, 0.3) is 0 Å². The van der Waals surface area contributed by atoms with Crippen molar-refractivity contribution in [3.05, 3.63) is 24.0 Å². The number of nitrogens with one attached hydrogen (secondary N) is 1. The monoisotopic (exact) mass is 181 g/mol. The van der Waals surface area contributed by atoms with Gasteiger partial charge in [-0.3, -0.25) is 4.79 Å². The summed E-state index contributed by atoms with van der Waals surface area (Å²) in [6.45, 7) is 3.86. The van der Waals surface area contributed by atoms with E-state index in [0.717, 1.165) is 5.69 Å². The summed E-state index contributed by atoms with van der Waals surface area (Å²) in [5.41, 5.74) is 0.987. The van der Waals surface area contributed by atoms with Crippen molar-refractivity contribution in [1.29, 1.82) is 0 Å². The lowest BCUT2D eigenvalue weighted by molar-refractivity contribution is -0.143. The Morgan fingerprint density at radius 3 is 2.69 bits per heavy atom. The van der Waals surface area contributed by atoms with Crippen LogP contribution < -0.4 is 0 Å². The minimum Gasteiger partial charge on any atom is -0.481 e. The number of aromatic amines is 1. The van der Waals surface area contributed by atoms with Gasteiger partial charge in [0.15, 0.2) is 0 Å². The number of H-pyrrole nitrogens is 1. The van der Waals surface area contributed by atoms with Gasteiger partial charge in [0.1, 0.15) is 0 Å². The lowest BCUT2D eigenvalue weighted by atomic mass is 9.91. The molecular formula is C10H15NO2. The van der Waals surface area contributed by atoms with Gasteiger partial charge in [-0.2, -0.15) is 0 Å². The molecule has 0 amide bonds. The van der Waals surface area contributed by atoms with E-state index in [-0.39, 0.29) is 11.8 Å². The van der Waals surface area contributed by atoms with Gasteiger partial charge in [0.05, 0.1) is 5.92 Å². The Kier molecular flexibility index (Phi) is 3.12. The molecular weight excluding hydrogens is 166 g/mol. The van der Waals surface area contributed by atoms with Gasteiger partial charge in [-0.1, -0.05) is 13.8 Å². The Morgan fingerprint density at radius 1 is 1.62 bits per heavy atom. The van der Waals surface area contributed by atoms with Crippen LogP contribution in [-0.2, 0) is 11.2 Å². The van der Waals surface area contributed by atoms with Crippen LogP contribution in [0, 0.1) is 11.8 Å². The van der Waals surface area contributed by atoms with Gasteiger partial charge in [0.2, 0.25) is 0 Å². The lowest BCUT2D eigenvalue weighted by Crippen LogP contribution is -2.22. The fraction of sp³-hybridized carbons (Fsp3) is 0.500. The van der Waals surface area contributed by atoms with Crippen LogP contribution in [0.15, 0.2) is 18.3 Å². The summed E-state index contributed by atoms with van der Waals surface area (Å²) in [6.07, 6.45) is 2.40. The van der Waals surface area contributed by atoms with Gasteiger partial charge >= 0.3 is 5.97 Å². The van der Waals surface area contributed by atoms with Crippen molar-refractivity contribution in [3.8, 4) is 0 Å². The molecule has 1 heterocycles. The quantitative estimate of drug-likeness (QED) is 0.745. The number of hydrogen-bond acceptors (Lipinski definition) is 1. The molecule has 1 unspecified atom stereocenters. The molecule has 0 saturated heterocycles. The Morgan fingerprint density at radius 2 is 2.31 bits per heavy atom. The van der Waals surface area contributed by atoms with Crippen LogP contribution in [0.3, 0.4) is 0 Å². The van der Waals surface area contributed by atoms with E-state index in [1.165, 1.54) is 0 Å². The van der Waals surface area contributed by atoms with E-state index in [1.54, 1.807) is 0 Å². The molecule has 13 heavy (non-hydrogen) atoms. The van der Waals surface area contributed by atoms with Crippen LogP contribution in [0.4, 0.5) is 0 Å². The standard InChI is InChI=1S/C10H15NO2/c1-7(2)9(10(12)13)6-8-4-3-5-11-8/h3-5,7,9,11H,6H2,1-2H3,(H,12,13). The molecule has 72 valence electrons. The number of carboxylic acid groups (broad SMARTS) is 1. The van der Waals surface area contributed by atoms with Crippen molar-refractivity contribution in [2.45, 2.75) is 20.3 Å². The Labute approximate surface area is 77.8 Å². The Balaban J connectivity index is 2.63.